The predicted octanol–water partition coefficient (Wildman–Crippen LogP) is 2.64. The summed E-state index contributed by atoms with van der Waals surface area (Å²) in [6.07, 6.45) is 7.87. The number of hydrogen-bond acceptors (Lipinski definition) is 2. The summed E-state index contributed by atoms with van der Waals surface area (Å²) < 4.78 is 0. The van der Waals surface area contributed by atoms with Crippen molar-refractivity contribution < 1.29 is 0 Å². The molecule has 3 N–H and O–H groups in total. The smallest absolute Gasteiger partial charge is 0.0279 e. The molecule has 1 aliphatic rings. The van der Waals surface area contributed by atoms with Crippen LogP contribution in [0.3, 0.4) is 0 Å². The van der Waals surface area contributed by atoms with Gasteiger partial charge in [0.15, 0.2) is 0 Å². The van der Waals surface area contributed by atoms with E-state index in [0.717, 1.165) is 12.3 Å². The van der Waals surface area contributed by atoms with Gasteiger partial charge >= 0.3 is 0 Å². The Morgan fingerprint density at radius 1 is 1.12 bits per heavy atom. The lowest BCUT2D eigenvalue weighted by Crippen LogP contribution is -2.43. The third kappa shape index (κ3) is 3.06. The van der Waals surface area contributed by atoms with Gasteiger partial charge in [-0.15, -0.1) is 0 Å². The first-order chi connectivity index (χ1) is 7.90. The number of nitrogens with two attached hydrogens (primary N) is 1. The lowest BCUT2D eigenvalue weighted by molar-refractivity contribution is 0.268. The van der Waals surface area contributed by atoms with E-state index in [4.69, 9.17) is 5.84 Å². The monoisotopic (exact) mass is 218 g/mol. The quantitative estimate of drug-likeness (QED) is 0.602. The number of rotatable bonds is 4. The van der Waals surface area contributed by atoms with E-state index in [2.05, 4.69) is 35.8 Å². The Balaban J connectivity index is 1.94. The molecule has 2 rings (SSSR count). The highest BCUT2D eigenvalue weighted by Gasteiger charge is 2.22. The van der Waals surface area contributed by atoms with Crippen molar-refractivity contribution in [1.29, 1.82) is 0 Å². The zero-order valence-electron chi connectivity index (χ0n) is 9.86. The van der Waals surface area contributed by atoms with Gasteiger partial charge in [0.25, 0.3) is 0 Å². The summed E-state index contributed by atoms with van der Waals surface area (Å²) in [5.41, 5.74) is 4.41. The van der Waals surface area contributed by atoms with Crippen molar-refractivity contribution in [1.82, 2.24) is 5.43 Å². The second-order valence-electron chi connectivity index (χ2n) is 4.86. The summed E-state index contributed by atoms with van der Waals surface area (Å²) in [6.45, 7) is 0. The summed E-state index contributed by atoms with van der Waals surface area (Å²) >= 11 is 0. The van der Waals surface area contributed by atoms with Crippen molar-refractivity contribution in [2.45, 2.75) is 44.6 Å². The second kappa shape index (κ2) is 6.02. The van der Waals surface area contributed by atoms with E-state index in [1.165, 1.54) is 37.7 Å². The van der Waals surface area contributed by atoms with Gasteiger partial charge in [0, 0.05) is 6.04 Å². The molecular weight excluding hydrogens is 196 g/mol. The molecule has 0 radical (unpaired) electrons. The van der Waals surface area contributed by atoms with Gasteiger partial charge in [0.1, 0.15) is 0 Å². The van der Waals surface area contributed by atoms with Crippen LogP contribution in [0.5, 0.6) is 0 Å². The van der Waals surface area contributed by atoms with Gasteiger partial charge in [-0.1, -0.05) is 49.6 Å². The summed E-state index contributed by atoms with van der Waals surface area (Å²) in [4.78, 5) is 0. The van der Waals surface area contributed by atoms with E-state index in [0.29, 0.717) is 6.04 Å². The van der Waals surface area contributed by atoms with Crippen molar-refractivity contribution >= 4 is 0 Å². The van der Waals surface area contributed by atoms with Crippen LogP contribution in [0.15, 0.2) is 30.3 Å². The van der Waals surface area contributed by atoms with Crippen LogP contribution in [0.1, 0.15) is 37.7 Å². The molecule has 88 valence electrons. The van der Waals surface area contributed by atoms with Crippen molar-refractivity contribution in [2.75, 3.05) is 0 Å². The first-order valence-electron chi connectivity index (χ1n) is 6.40. The molecule has 1 aromatic rings. The van der Waals surface area contributed by atoms with E-state index in [9.17, 15) is 0 Å². The van der Waals surface area contributed by atoms with Crippen LogP contribution in [0.2, 0.25) is 0 Å². The van der Waals surface area contributed by atoms with Crippen LogP contribution in [0, 0.1) is 5.92 Å². The van der Waals surface area contributed by atoms with Crippen molar-refractivity contribution in [3.05, 3.63) is 35.9 Å². The molecule has 2 nitrogen and oxygen atoms in total. The Labute approximate surface area is 98.2 Å². The highest BCUT2D eigenvalue weighted by atomic mass is 15.2. The third-order valence-corrected chi connectivity index (χ3v) is 3.73. The molecule has 0 heterocycles. The number of hydrazine groups is 1. The van der Waals surface area contributed by atoms with Crippen LogP contribution in [-0.2, 0) is 6.42 Å². The maximum Gasteiger partial charge on any atom is 0.0279 e. The van der Waals surface area contributed by atoms with E-state index in [1.54, 1.807) is 0 Å². The highest BCUT2D eigenvalue weighted by Crippen LogP contribution is 2.27. The fourth-order valence-electron chi connectivity index (χ4n) is 2.77. The summed E-state index contributed by atoms with van der Waals surface area (Å²) in [6, 6.07) is 11.1. The van der Waals surface area contributed by atoms with Gasteiger partial charge < -0.3 is 0 Å². The summed E-state index contributed by atoms with van der Waals surface area (Å²) in [5.74, 6) is 6.46. The third-order valence-electron chi connectivity index (χ3n) is 3.73. The molecule has 1 aromatic carbocycles. The predicted molar refractivity (Wildman–Crippen MR) is 67.8 cm³/mol. The Bertz CT molecular complexity index is 291. The lowest BCUT2D eigenvalue weighted by Gasteiger charge is -2.29. The van der Waals surface area contributed by atoms with Gasteiger partial charge in [-0.3, -0.25) is 11.3 Å². The Hall–Kier alpha value is -0.860. The normalized spacial score (nSPS) is 19.6. The van der Waals surface area contributed by atoms with Crippen molar-refractivity contribution in [2.24, 2.45) is 11.8 Å². The maximum absolute atomic E-state index is 5.70. The molecule has 1 saturated carbocycles. The second-order valence-corrected chi connectivity index (χ2v) is 4.86. The van der Waals surface area contributed by atoms with Crippen LogP contribution >= 0.6 is 0 Å². The molecule has 1 atom stereocenters. The average molecular weight is 218 g/mol. The average Bonchev–Trinajstić information content (AvgIpc) is 2.38. The van der Waals surface area contributed by atoms with Crippen LogP contribution in [0.4, 0.5) is 0 Å². The molecule has 2 heteroatoms. The minimum absolute atomic E-state index is 0.447. The minimum atomic E-state index is 0.447. The molecule has 1 unspecified atom stereocenters. The van der Waals surface area contributed by atoms with Gasteiger partial charge in [-0.05, 0) is 30.7 Å². The van der Waals surface area contributed by atoms with Gasteiger partial charge in [0.2, 0.25) is 0 Å². The van der Waals surface area contributed by atoms with Crippen LogP contribution in [-0.4, -0.2) is 6.04 Å². The van der Waals surface area contributed by atoms with E-state index in [1.807, 2.05) is 0 Å². The van der Waals surface area contributed by atoms with E-state index >= 15 is 0 Å². The van der Waals surface area contributed by atoms with Crippen molar-refractivity contribution in [3.8, 4) is 0 Å². The van der Waals surface area contributed by atoms with Crippen LogP contribution in [0.25, 0.3) is 0 Å². The molecule has 0 spiro atoms. The molecule has 1 fully saturated rings. The number of nitrogens with one attached hydrogen (secondary N) is 1. The highest BCUT2D eigenvalue weighted by molar-refractivity contribution is 5.16. The molecule has 16 heavy (non-hydrogen) atoms. The number of hydrogen-bond donors (Lipinski definition) is 2. The Morgan fingerprint density at radius 3 is 2.44 bits per heavy atom. The lowest BCUT2D eigenvalue weighted by atomic mass is 9.82. The van der Waals surface area contributed by atoms with E-state index in [-0.39, 0.29) is 0 Å². The fraction of sp³-hybridized carbons (Fsp3) is 0.571. The maximum atomic E-state index is 5.70. The Morgan fingerprint density at radius 2 is 1.81 bits per heavy atom. The molecular formula is C14H22N2. The van der Waals surface area contributed by atoms with Crippen molar-refractivity contribution in [3.63, 3.8) is 0 Å². The molecule has 0 saturated heterocycles. The molecule has 1 aliphatic carbocycles. The van der Waals surface area contributed by atoms with Gasteiger partial charge in [0.05, 0.1) is 0 Å². The zero-order valence-corrected chi connectivity index (χ0v) is 9.86. The molecule has 0 aliphatic heterocycles. The fourth-order valence-corrected chi connectivity index (χ4v) is 2.77. The Kier molecular flexibility index (Phi) is 4.37. The van der Waals surface area contributed by atoms with Gasteiger partial charge in [-0.2, -0.15) is 0 Å². The molecule has 0 amide bonds. The number of benzene rings is 1. The SMILES string of the molecule is NNC(Cc1ccccc1)C1CCCCC1. The minimum Gasteiger partial charge on any atom is -0.271 e. The molecule has 0 bridgehead atoms. The van der Waals surface area contributed by atoms with E-state index < -0.39 is 0 Å². The zero-order chi connectivity index (χ0) is 11.2. The topological polar surface area (TPSA) is 38.0 Å². The molecule has 0 aromatic heterocycles. The summed E-state index contributed by atoms with van der Waals surface area (Å²) in [5, 5.41) is 0. The first kappa shape index (κ1) is 11.6. The summed E-state index contributed by atoms with van der Waals surface area (Å²) in [7, 11) is 0. The van der Waals surface area contributed by atoms with Gasteiger partial charge in [-0.25, -0.2) is 0 Å². The first-order valence-corrected chi connectivity index (χ1v) is 6.40. The standard InChI is InChI=1S/C14H22N2/c15-16-14(13-9-5-2-6-10-13)11-12-7-3-1-4-8-12/h1,3-4,7-8,13-14,16H,2,5-6,9-11,15H2. The van der Waals surface area contributed by atoms with Crippen LogP contribution < -0.4 is 11.3 Å². The largest absolute Gasteiger partial charge is 0.271 e.